The van der Waals surface area contributed by atoms with Crippen molar-refractivity contribution in [3.8, 4) is 0 Å². The summed E-state index contributed by atoms with van der Waals surface area (Å²) in [5.41, 5.74) is 2.30. The summed E-state index contributed by atoms with van der Waals surface area (Å²) in [6.07, 6.45) is 0. The summed E-state index contributed by atoms with van der Waals surface area (Å²) in [6, 6.07) is 3.73. The SMILES string of the molecule is Clc1cc2c(cc1Cl)COC2. The van der Waals surface area contributed by atoms with Crippen molar-refractivity contribution < 1.29 is 4.74 Å². The van der Waals surface area contributed by atoms with E-state index in [4.69, 9.17) is 27.9 Å². The van der Waals surface area contributed by atoms with Crippen LogP contribution < -0.4 is 0 Å². The Morgan fingerprint density at radius 2 is 1.45 bits per heavy atom. The number of fused-ring (bicyclic) bond motifs is 1. The molecule has 1 nitrogen and oxygen atoms in total. The van der Waals surface area contributed by atoms with Gasteiger partial charge in [0.2, 0.25) is 0 Å². The van der Waals surface area contributed by atoms with Gasteiger partial charge in [0.05, 0.1) is 23.3 Å². The third kappa shape index (κ3) is 1.24. The minimum Gasteiger partial charge on any atom is -0.372 e. The fourth-order valence-electron chi connectivity index (χ4n) is 1.17. The Morgan fingerprint density at radius 3 is 1.91 bits per heavy atom. The maximum Gasteiger partial charge on any atom is 0.0725 e. The fourth-order valence-corrected chi connectivity index (χ4v) is 1.54. The van der Waals surface area contributed by atoms with E-state index in [0.717, 1.165) is 11.1 Å². The van der Waals surface area contributed by atoms with Crippen LogP contribution in [0.1, 0.15) is 11.1 Å². The predicted octanol–water partition coefficient (Wildman–Crippen LogP) is 3.02. The van der Waals surface area contributed by atoms with Gasteiger partial charge in [0, 0.05) is 0 Å². The normalized spacial score (nSPS) is 15.1. The number of rotatable bonds is 0. The standard InChI is InChI=1S/C8H6Cl2O/c9-7-1-5-3-11-4-6(5)2-8(7)10/h1-2H,3-4H2. The summed E-state index contributed by atoms with van der Waals surface area (Å²) in [5.74, 6) is 0. The summed E-state index contributed by atoms with van der Waals surface area (Å²) >= 11 is 11.6. The maximum atomic E-state index is 5.80. The van der Waals surface area contributed by atoms with Crippen molar-refractivity contribution in [3.63, 3.8) is 0 Å². The molecule has 0 N–H and O–H groups in total. The largest absolute Gasteiger partial charge is 0.372 e. The zero-order valence-corrected chi connectivity index (χ0v) is 7.24. The topological polar surface area (TPSA) is 9.23 Å². The van der Waals surface area contributed by atoms with E-state index in [1.165, 1.54) is 0 Å². The molecule has 1 aliphatic rings. The minimum atomic E-state index is 0.607. The van der Waals surface area contributed by atoms with Gasteiger partial charge in [0.25, 0.3) is 0 Å². The molecular formula is C8H6Cl2O. The number of hydrogen-bond acceptors (Lipinski definition) is 1. The van der Waals surface area contributed by atoms with Crippen LogP contribution in [0.15, 0.2) is 12.1 Å². The molecule has 0 unspecified atom stereocenters. The molecule has 0 amide bonds. The zero-order chi connectivity index (χ0) is 7.84. The van der Waals surface area contributed by atoms with Gasteiger partial charge in [0.15, 0.2) is 0 Å². The van der Waals surface area contributed by atoms with E-state index in [9.17, 15) is 0 Å². The van der Waals surface area contributed by atoms with Crippen molar-refractivity contribution in [1.82, 2.24) is 0 Å². The van der Waals surface area contributed by atoms with Crippen molar-refractivity contribution in [2.75, 3.05) is 0 Å². The first kappa shape index (κ1) is 7.41. The molecule has 0 spiro atoms. The van der Waals surface area contributed by atoms with Crippen LogP contribution in [0.3, 0.4) is 0 Å². The van der Waals surface area contributed by atoms with Crippen LogP contribution >= 0.6 is 23.2 Å². The molecule has 58 valence electrons. The first-order valence-corrected chi connectivity index (χ1v) is 4.07. The molecule has 1 heterocycles. The van der Waals surface area contributed by atoms with E-state index < -0.39 is 0 Å². The van der Waals surface area contributed by atoms with E-state index in [2.05, 4.69) is 0 Å². The molecule has 0 radical (unpaired) electrons. The summed E-state index contributed by atoms with van der Waals surface area (Å²) in [7, 11) is 0. The molecule has 1 aliphatic heterocycles. The predicted molar refractivity (Wildman–Crippen MR) is 45.0 cm³/mol. The van der Waals surface area contributed by atoms with Crippen LogP contribution in [0, 0.1) is 0 Å². The van der Waals surface area contributed by atoms with Crippen LogP contribution in [-0.4, -0.2) is 0 Å². The molecule has 0 atom stereocenters. The first-order chi connectivity index (χ1) is 5.27. The maximum absolute atomic E-state index is 5.80. The highest BCUT2D eigenvalue weighted by Crippen LogP contribution is 2.29. The second kappa shape index (κ2) is 2.67. The second-order valence-corrected chi connectivity index (χ2v) is 3.34. The molecule has 3 heteroatoms. The van der Waals surface area contributed by atoms with Crippen molar-refractivity contribution in [3.05, 3.63) is 33.3 Å². The van der Waals surface area contributed by atoms with Gasteiger partial charge >= 0.3 is 0 Å². The van der Waals surface area contributed by atoms with Crippen LogP contribution in [-0.2, 0) is 18.0 Å². The Hall–Kier alpha value is -0.240. The monoisotopic (exact) mass is 188 g/mol. The molecule has 0 saturated heterocycles. The molecule has 1 aromatic rings. The molecule has 0 fully saturated rings. The Balaban J connectivity index is 2.57. The van der Waals surface area contributed by atoms with Gasteiger partial charge in [0.1, 0.15) is 0 Å². The smallest absolute Gasteiger partial charge is 0.0725 e. The van der Waals surface area contributed by atoms with Gasteiger partial charge < -0.3 is 4.74 Å². The molecule has 0 aromatic heterocycles. The molecule has 2 rings (SSSR count). The second-order valence-electron chi connectivity index (χ2n) is 2.53. The molecule has 0 aliphatic carbocycles. The molecule has 0 bridgehead atoms. The molecule has 0 saturated carbocycles. The summed E-state index contributed by atoms with van der Waals surface area (Å²) in [5, 5.41) is 1.21. The average molecular weight is 189 g/mol. The summed E-state index contributed by atoms with van der Waals surface area (Å²) in [6.45, 7) is 1.32. The molecule has 1 aromatic carbocycles. The van der Waals surface area contributed by atoms with E-state index in [-0.39, 0.29) is 0 Å². The Morgan fingerprint density at radius 1 is 1.00 bits per heavy atom. The van der Waals surface area contributed by atoms with Gasteiger partial charge in [-0.05, 0) is 23.3 Å². The number of benzene rings is 1. The van der Waals surface area contributed by atoms with Crippen LogP contribution in [0.4, 0.5) is 0 Å². The lowest BCUT2D eigenvalue weighted by Gasteiger charge is -1.98. The zero-order valence-electron chi connectivity index (χ0n) is 5.73. The number of ether oxygens (including phenoxy) is 1. The number of hydrogen-bond donors (Lipinski definition) is 0. The summed E-state index contributed by atoms with van der Waals surface area (Å²) in [4.78, 5) is 0. The van der Waals surface area contributed by atoms with Gasteiger partial charge in [-0.2, -0.15) is 0 Å². The lowest BCUT2D eigenvalue weighted by atomic mass is 10.1. The van der Waals surface area contributed by atoms with Gasteiger partial charge in [-0.15, -0.1) is 0 Å². The van der Waals surface area contributed by atoms with Crippen LogP contribution in [0.25, 0.3) is 0 Å². The lowest BCUT2D eigenvalue weighted by Crippen LogP contribution is -1.81. The van der Waals surface area contributed by atoms with Crippen LogP contribution in [0.5, 0.6) is 0 Å². The highest BCUT2D eigenvalue weighted by atomic mass is 35.5. The highest BCUT2D eigenvalue weighted by Gasteiger charge is 2.12. The third-order valence-corrected chi connectivity index (χ3v) is 2.48. The first-order valence-electron chi connectivity index (χ1n) is 3.32. The third-order valence-electron chi connectivity index (χ3n) is 1.76. The lowest BCUT2D eigenvalue weighted by molar-refractivity contribution is 0.134. The average Bonchev–Trinajstić information content (AvgIpc) is 2.36. The van der Waals surface area contributed by atoms with E-state index in [0.29, 0.717) is 23.3 Å². The quantitative estimate of drug-likeness (QED) is 0.609. The van der Waals surface area contributed by atoms with E-state index in [1.807, 2.05) is 12.1 Å². The number of halogens is 2. The van der Waals surface area contributed by atoms with Gasteiger partial charge in [-0.3, -0.25) is 0 Å². The Bertz CT molecular complexity index is 267. The van der Waals surface area contributed by atoms with E-state index in [1.54, 1.807) is 0 Å². The van der Waals surface area contributed by atoms with Crippen molar-refractivity contribution in [1.29, 1.82) is 0 Å². The minimum absolute atomic E-state index is 0.607. The van der Waals surface area contributed by atoms with Crippen molar-refractivity contribution >= 4 is 23.2 Å². The molecule has 11 heavy (non-hydrogen) atoms. The van der Waals surface area contributed by atoms with Crippen molar-refractivity contribution in [2.45, 2.75) is 13.2 Å². The Labute approximate surface area is 74.9 Å². The molecular weight excluding hydrogens is 183 g/mol. The van der Waals surface area contributed by atoms with Crippen LogP contribution in [0.2, 0.25) is 10.0 Å². The fraction of sp³-hybridized carbons (Fsp3) is 0.250. The van der Waals surface area contributed by atoms with Gasteiger partial charge in [-0.25, -0.2) is 0 Å². The van der Waals surface area contributed by atoms with E-state index >= 15 is 0 Å². The highest BCUT2D eigenvalue weighted by molar-refractivity contribution is 6.42. The van der Waals surface area contributed by atoms with Crippen molar-refractivity contribution in [2.24, 2.45) is 0 Å². The Kier molecular flexibility index (Phi) is 1.80. The summed E-state index contributed by atoms with van der Waals surface area (Å²) < 4.78 is 5.21. The van der Waals surface area contributed by atoms with Gasteiger partial charge in [-0.1, -0.05) is 23.2 Å².